The Bertz CT molecular complexity index is 1250. The van der Waals surface area contributed by atoms with Crippen LogP contribution in [0.2, 0.25) is 0 Å². The number of allylic oxidation sites excluding steroid dienone is 1. The van der Waals surface area contributed by atoms with Crippen LogP contribution in [-0.4, -0.2) is 19.2 Å². The number of rotatable bonds is 16. The Hall–Kier alpha value is -3.84. The van der Waals surface area contributed by atoms with Gasteiger partial charge in [-0.15, -0.1) is 0 Å². The SMILES string of the molecule is C=C(C)C(=O)OCCCCCCCCCCCOc1ccc(/C=C(\C#N)c2ccc3ccccc3c2)cc1. The molecule has 0 radical (unpaired) electrons. The lowest BCUT2D eigenvalue weighted by Gasteiger charge is -2.07. The standard InChI is InChI=1S/C34H39NO3/c1-27(2)34(36)38-23-13-9-7-5-3-4-6-8-12-22-37-33-20-16-28(17-21-33)24-32(26-35)31-19-18-29-14-10-11-15-30(29)25-31/h10-11,14-21,24-25H,1,3-9,12-13,22-23H2,2H3/b32-24+. The van der Waals surface area contributed by atoms with E-state index in [-0.39, 0.29) is 5.97 Å². The van der Waals surface area contributed by atoms with Gasteiger partial charge in [-0.1, -0.05) is 100 Å². The van der Waals surface area contributed by atoms with Crippen molar-refractivity contribution >= 4 is 28.4 Å². The molecule has 0 atom stereocenters. The maximum atomic E-state index is 11.3. The predicted molar refractivity (Wildman–Crippen MR) is 157 cm³/mol. The number of unbranched alkanes of at least 4 members (excludes halogenated alkanes) is 8. The zero-order chi connectivity index (χ0) is 27.0. The van der Waals surface area contributed by atoms with Gasteiger partial charge in [0.15, 0.2) is 0 Å². The molecule has 3 rings (SSSR count). The zero-order valence-corrected chi connectivity index (χ0v) is 22.6. The van der Waals surface area contributed by atoms with E-state index in [1.807, 2.05) is 48.5 Å². The fraction of sp³-hybridized carbons (Fsp3) is 0.353. The average Bonchev–Trinajstić information content (AvgIpc) is 2.94. The second-order valence-electron chi connectivity index (χ2n) is 9.75. The Labute approximate surface area is 227 Å². The molecular formula is C34H39NO3. The second kappa shape index (κ2) is 16.1. The summed E-state index contributed by atoms with van der Waals surface area (Å²) in [6, 6.07) is 24.6. The van der Waals surface area contributed by atoms with Crippen LogP contribution in [0, 0.1) is 11.3 Å². The van der Waals surface area contributed by atoms with Crippen molar-refractivity contribution < 1.29 is 14.3 Å². The van der Waals surface area contributed by atoms with Crippen LogP contribution in [-0.2, 0) is 9.53 Å². The molecule has 0 aliphatic heterocycles. The van der Waals surface area contributed by atoms with Gasteiger partial charge in [0.1, 0.15) is 5.75 Å². The van der Waals surface area contributed by atoms with E-state index < -0.39 is 0 Å². The first-order valence-electron chi connectivity index (χ1n) is 13.7. The summed E-state index contributed by atoms with van der Waals surface area (Å²) < 4.78 is 11.0. The van der Waals surface area contributed by atoms with Gasteiger partial charge in [-0.3, -0.25) is 0 Å². The molecule has 4 heteroatoms. The first kappa shape index (κ1) is 28.7. The summed E-state index contributed by atoms with van der Waals surface area (Å²) in [5.74, 6) is 0.575. The molecule has 0 aromatic heterocycles. The summed E-state index contributed by atoms with van der Waals surface area (Å²) in [5, 5.41) is 12.0. The van der Waals surface area contributed by atoms with Gasteiger partial charge < -0.3 is 9.47 Å². The molecule has 3 aromatic rings. The summed E-state index contributed by atoms with van der Waals surface area (Å²) in [4.78, 5) is 11.3. The van der Waals surface area contributed by atoms with Gasteiger partial charge in [0.2, 0.25) is 0 Å². The quantitative estimate of drug-likeness (QED) is 0.0636. The number of hydrogen-bond acceptors (Lipinski definition) is 4. The predicted octanol–water partition coefficient (Wildman–Crippen LogP) is 8.91. The molecule has 3 aromatic carbocycles. The summed E-state index contributed by atoms with van der Waals surface area (Å²) >= 11 is 0. The van der Waals surface area contributed by atoms with Crippen LogP contribution < -0.4 is 4.74 Å². The van der Waals surface area contributed by atoms with Crippen LogP contribution in [0.25, 0.3) is 22.4 Å². The fourth-order valence-electron chi connectivity index (χ4n) is 4.28. The minimum atomic E-state index is -0.287. The Balaban J connectivity index is 1.28. The van der Waals surface area contributed by atoms with Crippen LogP contribution in [0.4, 0.5) is 0 Å². The van der Waals surface area contributed by atoms with Crippen molar-refractivity contribution in [3.05, 3.63) is 90.0 Å². The number of benzene rings is 3. The maximum absolute atomic E-state index is 11.3. The van der Waals surface area contributed by atoms with Crippen LogP contribution >= 0.6 is 0 Å². The molecule has 0 saturated heterocycles. The molecule has 198 valence electrons. The summed E-state index contributed by atoms with van der Waals surface area (Å²) in [6.07, 6.45) is 12.4. The van der Waals surface area contributed by atoms with Gasteiger partial charge in [-0.25, -0.2) is 4.79 Å². The third kappa shape index (κ3) is 9.90. The minimum Gasteiger partial charge on any atom is -0.494 e. The Morgan fingerprint density at radius 1 is 0.816 bits per heavy atom. The van der Waals surface area contributed by atoms with Crippen LogP contribution in [0.5, 0.6) is 5.75 Å². The number of ether oxygens (including phenoxy) is 2. The molecule has 0 N–H and O–H groups in total. The van der Waals surface area contributed by atoms with Crippen molar-refractivity contribution in [2.24, 2.45) is 0 Å². The first-order chi connectivity index (χ1) is 18.6. The smallest absolute Gasteiger partial charge is 0.333 e. The molecule has 38 heavy (non-hydrogen) atoms. The Morgan fingerprint density at radius 2 is 1.42 bits per heavy atom. The van der Waals surface area contributed by atoms with Crippen molar-refractivity contribution in [3.63, 3.8) is 0 Å². The fourth-order valence-corrected chi connectivity index (χ4v) is 4.28. The second-order valence-corrected chi connectivity index (χ2v) is 9.75. The normalized spacial score (nSPS) is 11.2. The van der Waals surface area contributed by atoms with Crippen molar-refractivity contribution in [3.8, 4) is 11.8 Å². The highest BCUT2D eigenvalue weighted by Gasteiger charge is 2.04. The van der Waals surface area contributed by atoms with E-state index in [4.69, 9.17) is 9.47 Å². The van der Waals surface area contributed by atoms with E-state index in [1.54, 1.807) is 6.92 Å². The number of esters is 1. The first-order valence-corrected chi connectivity index (χ1v) is 13.7. The minimum absolute atomic E-state index is 0.287. The topological polar surface area (TPSA) is 59.3 Å². The average molecular weight is 510 g/mol. The monoisotopic (exact) mass is 509 g/mol. The summed E-state index contributed by atoms with van der Waals surface area (Å²) in [5.41, 5.74) is 3.01. The summed E-state index contributed by atoms with van der Waals surface area (Å²) in [6.45, 7) is 6.47. The molecule has 0 saturated carbocycles. The molecule has 0 spiro atoms. The molecule has 0 fully saturated rings. The molecular weight excluding hydrogens is 470 g/mol. The van der Waals surface area contributed by atoms with E-state index in [2.05, 4.69) is 36.9 Å². The van der Waals surface area contributed by atoms with Crippen molar-refractivity contribution in [1.29, 1.82) is 5.26 Å². The van der Waals surface area contributed by atoms with E-state index in [0.717, 1.165) is 48.1 Å². The number of nitrogens with zero attached hydrogens (tertiary/aromatic N) is 1. The summed E-state index contributed by atoms with van der Waals surface area (Å²) in [7, 11) is 0. The molecule has 0 aliphatic carbocycles. The number of carbonyl (C=O) groups is 1. The van der Waals surface area contributed by atoms with Crippen LogP contribution in [0.1, 0.15) is 75.8 Å². The lowest BCUT2D eigenvalue weighted by atomic mass is 10.0. The number of nitriles is 1. The van der Waals surface area contributed by atoms with E-state index >= 15 is 0 Å². The lowest BCUT2D eigenvalue weighted by Crippen LogP contribution is -2.05. The largest absolute Gasteiger partial charge is 0.494 e. The number of hydrogen-bond donors (Lipinski definition) is 0. The molecule has 0 aliphatic rings. The van der Waals surface area contributed by atoms with E-state index in [1.165, 1.54) is 43.9 Å². The molecule has 0 heterocycles. The van der Waals surface area contributed by atoms with Gasteiger partial charge in [0.25, 0.3) is 0 Å². The number of carbonyl (C=O) groups excluding carboxylic acids is 1. The van der Waals surface area contributed by atoms with E-state index in [9.17, 15) is 10.1 Å². The lowest BCUT2D eigenvalue weighted by molar-refractivity contribution is -0.139. The van der Waals surface area contributed by atoms with Gasteiger partial charge in [-0.05, 0) is 65.9 Å². The highest BCUT2D eigenvalue weighted by Crippen LogP contribution is 2.24. The van der Waals surface area contributed by atoms with Crippen LogP contribution in [0.3, 0.4) is 0 Å². The molecule has 0 bridgehead atoms. The highest BCUT2D eigenvalue weighted by atomic mass is 16.5. The molecule has 0 unspecified atom stereocenters. The van der Waals surface area contributed by atoms with Gasteiger partial charge in [0, 0.05) is 5.57 Å². The third-order valence-corrected chi connectivity index (χ3v) is 6.51. The zero-order valence-electron chi connectivity index (χ0n) is 22.6. The molecule has 4 nitrogen and oxygen atoms in total. The highest BCUT2D eigenvalue weighted by molar-refractivity contribution is 5.94. The van der Waals surface area contributed by atoms with Crippen molar-refractivity contribution in [2.45, 2.75) is 64.7 Å². The van der Waals surface area contributed by atoms with Gasteiger partial charge >= 0.3 is 5.97 Å². The maximum Gasteiger partial charge on any atom is 0.333 e. The Kier molecular flexibility index (Phi) is 12.2. The molecule has 0 amide bonds. The van der Waals surface area contributed by atoms with Gasteiger partial charge in [-0.2, -0.15) is 5.26 Å². The number of fused-ring (bicyclic) bond motifs is 1. The third-order valence-electron chi connectivity index (χ3n) is 6.51. The van der Waals surface area contributed by atoms with E-state index in [0.29, 0.717) is 17.8 Å². The van der Waals surface area contributed by atoms with Crippen LogP contribution in [0.15, 0.2) is 78.9 Å². The van der Waals surface area contributed by atoms with Crippen molar-refractivity contribution in [1.82, 2.24) is 0 Å². The van der Waals surface area contributed by atoms with Crippen molar-refractivity contribution in [2.75, 3.05) is 13.2 Å². The van der Waals surface area contributed by atoms with Gasteiger partial charge in [0.05, 0.1) is 24.9 Å². The Morgan fingerprint density at radius 3 is 2.05 bits per heavy atom.